The number of rotatable bonds is 4. The minimum atomic E-state index is -0.167. The number of hydrogen-bond donors (Lipinski definition) is 1. The number of carbonyl (C=O) groups is 2. The molecular weight excluding hydrogens is 468 g/mol. The van der Waals surface area contributed by atoms with Gasteiger partial charge in [0.1, 0.15) is 11.9 Å². The number of para-hydroxylation sites is 1. The highest BCUT2D eigenvalue weighted by molar-refractivity contribution is 7.22. The van der Waals surface area contributed by atoms with E-state index in [0.717, 1.165) is 49.2 Å². The average molecular weight is 507 g/mol. The van der Waals surface area contributed by atoms with E-state index in [9.17, 15) is 9.59 Å². The minimum absolute atomic E-state index is 0.0216. The Morgan fingerprint density at radius 2 is 1.92 bits per heavy atom. The normalized spacial score (nSPS) is 39.5. The molecule has 0 unspecified atom stereocenters. The van der Waals surface area contributed by atoms with Gasteiger partial charge in [-0.1, -0.05) is 49.0 Å². The monoisotopic (exact) mass is 506 g/mol. The van der Waals surface area contributed by atoms with Gasteiger partial charge in [-0.25, -0.2) is 4.98 Å². The third-order valence-electron chi connectivity index (χ3n) is 10.5. The Morgan fingerprint density at radius 1 is 1.11 bits per heavy atom. The number of Topliss-reactive ketones (excluding diaryl/α,β-unsaturated/α-hetero) is 1. The van der Waals surface area contributed by atoms with Crippen LogP contribution in [-0.2, 0) is 14.3 Å². The van der Waals surface area contributed by atoms with Crippen molar-refractivity contribution >= 4 is 38.4 Å². The highest BCUT2D eigenvalue weighted by atomic mass is 32.1. The Hall–Kier alpha value is -2.21. The quantitative estimate of drug-likeness (QED) is 0.365. The number of nitrogens with zero attached hydrogens (tertiary/aromatic N) is 1. The molecule has 2 aromatic rings. The lowest BCUT2D eigenvalue weighted by molar-refractivity contribution is -0.149. The number of nitrogens with one attached hydrogen (secondary N) is 1. The summed E-state index contributed by atoms with van der Waals surface area (Å²) in [5.74, 6) is 1.94. The molecule has 0 radical (unpaired) electrons. The van der Waals surface area contributed by atoms with Gasteiger partial charge < -0.3 is 10.1 Å². The van der Waals surface area contributed by atoms with Gasteiger partial charge in [0.2, 0.25) is 0 Å². The van der Waals surface area contributed by atoms with E-state index < -0.39 is 0 Å². The standard InChI is InChI=1S/C30H38N2O3S/c1-17(33)27-25(32-28-31-24-7-5-6-8-26(24)36-28)16-23-21-10-9-19-15-20(35-18(2)34)11-13-29(19,3)22(21)12-14-30(23,27)4/h5-9,20-23,25,27H,10-16H2,1-4H3,(H,31,32)/t20-,21+,22-,23-,25+,27-,29-,30-/m0/s1. The van der Waals surface area contributed by atoms with E-state index in [4.69, 9.17) is 9.72 Å². The van der Waals surface area contributed by atoms with Gasteiger partial charge in [-0.15, -0.1) is 0 Å². The lowest BCUT2D eigenvalue weighted by Gasteiger charge is -2.57. The fourth-order valence-electron chi connectivity index (χ4n) is 8.99. The molecule has 3 saturated carbocycles. The van der Waals surface area contributed by atoms with Crippen LogP contribution in [0.15, 0.2) is 35.9 Å². The molecule has 0 spiro atoms. The van der Waals surface area contributed by atoms with Crippen LogP contribution in [0.25, 0.3) is 10.2 Å². The number of fused-ring (bicyclic) bond motifs is 6. The number of hydrogen-bond acceptors (Lipinski definition) is 6. The van der Waals surface area contributed by atoms with E-state index in [1.54, 1.807) is 18.3 Å². The van der Waals surface area contributed by atoms with Crippen molar-refractivity contribution in [1.29, 1.82) is 0 Å². The molecule has 1 aromatic carbocycles. The van der Waals surface area contributed by atoms with Crippen LogP contribution in [0.4, 0.5) is 5.13 Å². The Bertz CT molecular complexity index is 1200. The molecule has 0 amide bonds. The zero-order valence-electron chi connectivity index (χ0n) is 21.9. The molecule has 6 heteroatoms. The second-order valence-electron chi connectivity index (χ2n) is 12.3. The van der Waals surface area contributed by atoms with Crippen LogP contribution in [0, 0.1) is 34.5 Å². The summed E-state index contributed by atoms with van der Waals surface area (Å²) >= 11 is 1.69. The third-order valence-corrected chi connectivity index (χ3v) is 11.5. The SMILES string of the molecule is CC(=O)O[C@H]1CC[C@@]2(C)C(=CC[C@H]3[C@@H]4C[C@@H](Nc5nc6ccccc6s5)[C@H](C(C)=O)[C@@]4(C)CC[C@@H]32)C1. The van der Waals surface area contributed by atoms with Crippen LogP contribution in [0.5, 0.6) is 0 Å². The summed E-state index contributed by atoms with van der Waals surface area (Å²) in [5.41, 5.74) is 2.74. The van der Waals surface area contributed by atoms with Gasteiger partial charge in [0.05, 0.1) is 10.2 Å². The van der Waals surface area contributed by atoms with E-state index >= 15 is 0 Å². The summed E-state index contributed by atoms with van der Waals surface area (Å²) in [7, 11) is 0. The second-order valence-corrected chi connectivity index (χ2v) is 13.4. The molecular formula is C30H38N2O3S. The van der Waals surface area contributed by atoms with Crippen LogP contribution in [0.3, 0.4) is 0 Å². The molecule has 1 aromatic heterocycles. The predicted octanol–water partition coefficient (Wildman–Crippen LogP) is 6.79. The second kappa shape index (κ2) is 8.68. The van der Waals surface area contributed by atoms with E-state index in [0.29, 0.717) is 23.5 Å². The summed E-state index contributed by atoms with van der Waals surface area (Å²) in [4.78, 5) is 29.5. The average Bonchev–Trinajstić information content (AvgIpc) is 3.36. The van der Waals surface area contributed by atoms with Crippen molar-refractivity contribution < 1.29 is 14.3 Å². The molecule has 192 valence electrons. The Kier molecular flexibility index (Phi) is 5.82. The molecule has 3 fully saturated rings. The molecule has 8 atom stereocenters. The molecule has 5 nitrogen and oxygen atoms in total. The third kappa shape index (κ3) is 3.74. The van der Waals surface area contributed by atoms with E-state index in [2.05, 4.69) is 43.4 Å². The molecule has 0 aliphatic heterocycles. The molecule has 1 N–H and O–H groups in total. The fraction of sp³-hybridized carbons (Fsp3) is 0.633. The highest BCUT2D eigenvalue weighted by Crippen LogP contribution is 2.66. The predicted molar refractivity (Wildman–Crippen MR) is 144 cm³/mol. The van der Waals surface area contributed by atoms with Crippen molar-refractivity contribution in [2.24, 2.45) is 34.5 Å². The van der Waals surface area contributed by atoms with Crippen LogP contribution < -0.4 is 5.32 Å². The first-order valence-corrected chi connectivity index (χ1v) is 14.5. The minimum Gasteiger partial charge on any atom is -0.462 e. The number of benzene rings is 1. The molecule has 4 aliphatic rings. The van der Waals surface area contributed by atoms with Crippen molar-refractivity contribution in [3.8, 4) is 0 Å². The number of thiazole rings is 1. The van der Waals surface area contributed by atoms with Crippen molar-refractivity contribution in [2.75, 3.05) is 5.32 Å². The van der Waals surface area contributed by atoms with Crippen molar-refractivity contribution in [3.05, 3.63) is 35.9 Å². The molecule has 36 heavy (non-hydrogen) atoms. The largest absolute Gasteiger partial charge is 0.462 e. The van der Waals surface area contributed by atoms with Gasteiger partial charge in [-0.3, -0.25) is 9.59 Å². The van der Waals surface area contributed by atoms with Gasteiger partial charge in [0, 0.05) is 25.3 Å². The zero-order chi connectivity index (χ0) is 25.2. The zero-order valence-corrected chi connectivity index (χ0v) is 22.7. The lowest BCUT2D eigenvalue weighted by Crippen LogP contribution is -2.51. The van der Waals surface area contributed by atoms with E-state index in [-0.39, 0.29) is 34.9 Å². The lowest BCUT2D eigenvalue weighted by atomic mass is 9.47. The summed E-state index contributed by atoms with van der Waals surface area (Å²) in [6.45, 7) is 8.19. The summed E-state index contributed by atoms with van der Waals surface area (Å²) in [6, 6.07) is 8.39. The van der Waals surface area contributed by atoms with Gasteiger partial charge in [-0.05, 0) is 86.2 Å². The Balaban J connectivity index is 1.28. The molecule has 6 rings (SSSR count). The Labute approximate surface area is 218 Å². The molecule has 4 aliphatic carbocycles. The van der Waals surface area contributed by atoms with Crippen LogP contribution in [-0.4, -0.2) is 28.9 Å². The molecule has 0 bridgehead atoms. The number of ether oxygens (including phenoxy) is 1. The molecule has 0 saturated heterocycles. The van der Waals surface area contributed by atoms with Crippen molar-refractivity contribution in [2.45, 2.75) is 84.8 Å². The van der Waals surface area contributed by atoms with Crippen LogP contribution >= 0.6 is 11.3 Å². The van der Waals surface area contributed by atoms with Gasteiger partial charge >= 0.3 is 5.97 Å². The van der Waals surface area contributed by atoms with Gasteiger partial charge in [-0.2, -0.15) is 0 Å². The van der Waals surface area contributed by atoms with Crippen LogP contribution in [0.1, 0.15) is 72.6 Å². The van der Waals surface area contributed by atoms with Gasteiger partial charge in [0.15, 0.2) is 5.13 Å². The number of aromatic nitrogens is 1. The summed E-state index contributed by atoms with van der Waals surface area (Å²) < 4.78 is 6.79. The first kappa shape index (κ1) is 24.1. The Morgan fingerprint density at radius 3 is 2.67 bits per heavy atom. The van der Waals surface area contributed by atoms with Crippen molar-refractivity contribution in [3.63, 3.8) is 0 Å². The number of carbonyl (C=O) groups excluding carboxylic acids is 2. The number of ketones is 1. The van der Waals surface area contributed by atoms with E-state index in [1.165, 1.54) is 23.6 Å². The fourth-order valence-corrected chi connectivity index (χ4v) is 9.92. The number of esters is 1. The maximum Gasteiger partial charge on any atom is 0.302 e. The first-order valence-electron chi connectivity index (χ1n) is 13.7. The van der Waals surface area contributed by atoms with E-state index in [1.807, 2.05) is 6.07 Å². The number of anilines is 1. The summed E-state index contributed by atoms with van der Waals surface area (Å²) in [6.07, 6.45) is 9.86. The maximum atomic E-state index is 13.1. The van der Waals surface area contributed by atoms with Crippen LogP contribution in [0.2, 0.25) is 0 Å². The topological polar surface area (TPSA) is 68.3 Å². The summed E-state index contributed by atoms with van der Waals surface area (Å²) in [5, 5.41) is 4.69. The first-order chi connectivity index (χ1) is 17.2. The van der Waals surface area contributed by atoms with Gasteiger partial charge in [0.25, 0.3) is 0 Å². The molecule has 1 heterocycles. The smallest absolute Gasteiger partial charge is 0.302 e. The number of allylic oxidation sites excluding steroid dienone is 1. The van der Waals surface area contributed by atoms with Crippen molar-refractivity contribution in [1.82, 2.24) is 4.98 Å². The maximum absolute atomic E-state index is 13.1. The highest BCUT2D eigenvalue weighted by Gasteiger charge is 2.62.